The normalized spacial score (nSPS) is 17.3. The van der Waals surface area contributed by atoms with Gasteiger partial charge in [-0.25, -0.2) is 9.59 Å². The van der Waals surface area contributed by atoms with Gasteiger partial charge in [-0.05, 0) is 0 Å². The molecule has 0 saturated carbocycles. The molecule has 0 bridgehead atoms. The molecular weight excluding hydrogens is 288 g/mol. The Hall–Kier alpha value is -2.65. The van der Waals surface area contributed by atoms with Gasteiger partial charge < -0.3 is 18.9 Å². The molecule has 10 nitrogen and oxygen atoms in total. The highest BCUT2D eigenvalue weighted by Gasteiger charge is 2.76. The van der Waals surface area contributed by atoms with Crippen LogP contribution in [-0.4, -0.2) is 64.1 Å². The van der Waals surface area contributed by atoms with Gasteiger partial charge in [-0.2, -0.15) is 5.10 Å². The van der Waals surface area contributed by atoms with Gasteiger partial charge in [-0.1, -0.05) is 0 Å². The van der Waals surface area contributed by atoms with Gasteiger partial charge in [0.25, 0.3) is 5.54 Å². The van der Waals surface area contributed by atoms with Crippen molar-refractivity contribution in [3.63, 3.8) is 0 Å². The zero-order valence-electron chi connectivity index (χ0n) is 11.8. The number of hydrogen-bond donors (Lipinski definition) is 1. The molecule has 0 spiro atoms. The Morgan fingerprint density at radius 1 is 0.810 bits per heavy atom. The first-order valence-corrected chi connectivity index (χ1v) is 5.54. The highest BCUT2D eigenvalue weighted by atomic mass is 16.6. The summed E-state index contributed by atoms with van der Waals surface area (Å²) in [7, 11) is 3.87. The maximum absolute atomic E-state index is 12.1. The van der Waals surface area contributed by atoms with Crippen molar-refractivity contribution in [2.45, 2.75) is 5.54 Å². The molecule has 0 radical (unpaired) electrons. The first-order chi connectivity index (χ1) is 9.88. The molecule has 1 aliphatic rings. The third-order valence-electron chi connectivity index (χ3n) is 3.08. The molecule has 1 aliphatic heterocycles. The van der Waals surface area contributed by atoms with Crippen molar-refractivity contribution in [2.75, 3.05) is 28.4 Å². The molecule has 0 fully saturated rings. The van der Waals surface area contributed by atoms with Gasteiger partial charge in [-0.15, -0.1) is 0 Å². The van der Waals surface area contributed by atoms with Crippen molar-refractivity contribution in [3.05, 3.63) is 0 Å². The lowest BCUT2D eigenvalue weighted by atomic mass is 9.70. The van der Waals surface area contributed by atoms with Gasteiger partial charge in [0, 0.05) is 0 Å². The second-order valence-electron chi connectivity index (χ2n) is 3.89. The van der Waals surface area contributed by atoms with E-state index in [4.69, 9.17) is 0 Å². The third-order valence-corrected chi connectivity index (χ3v) is 3.08. The Morgan fingerprint density at radius 2 is 1.19 bits per heavy atom. The number of nitrogens with zero attached hydrogens (tertiary/aromatic N) is 1. The highest BCUT2D eigenvalue weighted by molar-refractivity contribution is 6.27. The smallest absolute Gasteiger partial charge is 0.347 e. The van der Waals surface area contributed by atoms with E-state index >= 15 is 0 Å². The lowest BCUT2D eigenvalue weighted by Gasteiger charge is -2.34. The second-order valence-corrected chi connectivity index (χ2v) is 3.89. The molecule has 1 rings (SSSR count). The maximum atomic E-state index is 12.1. The number of hydrazone groups is 1. The van der Waals surface area contributed by atoms with E-state index < -0.39 is 34.8 Å². The van der Waals surface area contributed by atoms with E-state index in [9.17, 15) is 19.2 Å². The van der Waals surface area contributed by atoms with Gasteiger partial charge in [0.05, 0.1) is 34.7 Å². The van der Waals surface area contributed by atoms with E-state index in [0.29, 0.717) is 0 Å². The Morgan fingerprint density at radius 3 is 1.52 bits per heavy atom. The van der Waals surface area contributed by atoms with Crippen LogP contribution in [0.4, 0.5) is 0 Å². The number of nitrogens with one attached hydrogen (secondary N) is 1. The monoisotopic (exact) mass is 302 g/mol. The van der Waals surface area contributed by atoms with Crippen LogP contribution in [0.3, 0.4) is 0 Å². The van der Waals surface area contributed by atoms with E-state index in [1.807, 2.05) is 0 Å². The van der Waals surface area contributed by atoms with E-state index in [0.717, 1.165) is 34.7 Å². The van der Waals surface area contributed by atoms with Gasteiger partial charge in [0.15, 0.2) is 0 Å². The summed E-state index contributed by atoms with van der Waals surface area (Å²) in [5, 5.41) is 3.49. The lowest BCUT2D eigenvalue weighted by molar-refractivity contribution is -0.184. The Bertz CT molecular complexity index is 480. The van der Waals surface area contributed by atoms with Crippen LogP contribution in [0.15, 0.2) is 5.10 Å². The van der Waals surface area contributed by atoms with Crippen molar-refractivity contribution >= 4 is 30.1 Å². The lowest BCUT2D eigenvalue weighted by Crippen LogP contribution is -2.71. The molecule has 1 heterocycles. The topological polar surface area (TPSA) is 130 Å². The summed E-state index contributed by atoms with van der Waals surface area (Å²) in [6.07, 6.45) is 0.749. The molecule has 21 heavy (non-hydrogen) atoms. The fourth-order valence-electron chi connectivity index (χ4n) is 2.03. The minimum atomic E-state index is -2.57. The van der Waals surface area contributed by atoms with E-state index in [1.54, 1.807) is 0 Å². The molecular formula is C11H14N2O8. The van der Waals surface area contributed by atoms with Crippen molar-refractivity contribution in [2.24, 2.45) is 10.5 Å². The zero-order chi connectivity index (χ0) is 16.3. The summed E-state index contributed by atoms with van der Waals surface area (Å²) in [5.41, 5.74) is -2.96. The molecule has 0 aromatic carbocycles. The molecule has 0 aromatic rings. The largest absolute Gasteiger partial charge is 0.468 e. The van der Waals surface area contributed by atoms with Crippen LogP contribution in [0.2, 0.25) is 0 Å². The van der Waals surface area contributed by atoms with Crippen LogP contribution < -0.4 is 5.43 Å². The van der Waals surface area contributed by atoms with Crippen molar-refractivity contribution in [3.8, 4) is 0 Å². The Kier molecular flexibility index (Phi) is 4.51. The highest BCUT2D eigenvalue weighted by Crippen LogP contribution is 2.38. The number of ether oxygens (including phenoxy) is 4. The van der Waals surface area contributed by atoms with E-state index in [1.165, 1.54) is 0 Å². The molecule has 0 amide bonds. The first kappa shape index (κ1) is 16.4. The fraction of sp³-hybridized carbons (Fsp3) is 0.545. The number of esters is 4. The molecule has 0 aromatic heterocycles. The van der Waals surface area contributed by atoms with Crippen LogP contribution >= 0.6 is 0 Å². The van der Waals surface area contributed by atoms with Crippen LogP contribution in [0.1, 0.15) is 0 Å². The standard InChI is InChI=1S/C11H14N2O8/c1-18-6(14)10(7(15)19-2)5-12-13-11(10,8(16)20-3)9(17)21-4/h5,13H,1-4H3. The summed E-state index contributed by atoms with van der Waals surface area (Å²) in [4.78, 5) is 48.5. The number of carbonyl (C=O) groups is 4. The molecule has 0 atom stereocenters. The van der Waals surface area contributed by atoms with Gasteiger partial charge in [0.2, 0.25) is 5.41 Å². The number of hydrogen-bond acceptors (Lipinski definition) is 10. The minimum Gasteiger partial charge on any atom is -0.468 e. The van der Waals surface area contributed by atoms with Crippen molar-refractivity contribution in [1.29, 1.82) is 0 Å². The number of rotatable bonds is 4. The second kappa shape index (κ2) is 5.77. The van der Waals surface area contributed by atoms with Gasteiger partial charge >= 0.3 is 23.9 Å². The fourth-order valence-corrected chi connectivity index (χ4v) is 2.03. The summed E-state index contributed by atoms with van der Waals surface area (Å²) in [6.45, 7) is 0. The summed E-state index contributed by atoms with van der Waals surface area (Å²) in [5.74, 6) is -5.00. The average Bonchev–Trinajstić information content (AvgIpc) is 2.93. The molecule has 0 aliphatic carbocycles. The van der Waals surface area contributed by atoms with E-state index in [2.05, 4.69) is 29.5 Å². The quantitative estimate of drug-likeness (QED) is 0.355. The minimum absolute atomic E-state index is 0.749. The maximum Gasteiger partial charge on any atom is 0.347 e. The van der Waals surface area contributed by atoms with Crippen LogP contribution in [0.5, 0.6) is 0 Å². The number of methoxy groups -OCH3 is 4. The van der Waals surface area contributed by atoms with Gasteiger partial charge in [-0.3, -0.25) is 15.0 Å². The van der Waals surface area contributed by atoms with Crippen molar-refractivity contribution < 1.29 is 38.1 Å². The van der Waals surface area contributed by atoms with Crippen LogP contribution in [0, 0.1) is 5.41 Å². The van der Waals surface area contributed by atoms with Gasteiger partial charge in [0.1, 0.15) is 0 Å². The van der Waals surface area contributed by atoms with Crippen molar-refractivity contribution in [1.82, 2.24) is 5.43 Å². The summed E-state index contributed by atoms with van der Waals surface area (Å²) in [6, 6.07) is 0. The predicted molar refractivity (Wildman–Crippen MR) is 64.9 cm³/mol. The Labute approximate surface area is 119 Å². The van der Waals surface area contributed by atoms with Crippen LogP contribution in [-0.2, 0) is 38.1 Å². The first-order valence-electron chi connectivity index (χ1n) is 5.54. The summed E-state index contributed by atoms with van der Waals surface area (Å²) < 4.78 is 18.1. The molecule has 0 saturated heterocycles. The molecule has 0 unspecified atom stereocenters. The molecule has 1 N–H and O–H groups in total. The third kappa shape index (κ3) is 1.90. The summed E-state index contributed by atoms with van der Waals surface area (Å²) >= 11 is 0. The number of carbonyl (C=O) groups excluding carboxylic acids is 4. The molecule has 10 heteroatoms. The van der Waals surface area contributed by atoms with Crippen LogP contribution in [0.25, 0.3) is 0 Å². The average molecular weight is 302 g/mol. The SMILES string of the molecule is COC(=O)C1(C(=O)OC)C=NNC1(C(=O)OC)C(=O)OC. The van der Waals surface area contributed by atoms with E-state index in [-0.39, 0.29) is 0 Å². The Balaban J connectivity index is 3.68. The zero-order valence-corrected chi connectivity index (χ0v) is 11.8. The predicted octanol–water partition coefficient (Wildman–Crippen LogP) is -2.01. The molecule has 116 valence electrons.